The Labute approximate surface area is 121 Å². The SMILES string of the molecule is CC1(C(NN)c2cccc(OC(F)(F)F)c2)CCCCO1. The molecule has 1 aliphatic heterocycles. The van der Waals surface area contributed by atoms with E-state index in [0.717, 1.165) is 19.3 Å². The van der Waals surface area contributed by atoms with Gasteiger partial charge < -0.3 is 9.47 Å². The fourth-order valence-corrected chi connectivity index (χ4v) is 2.70. The number of hydrogen-bond acceptors (Lipinski definition) is 4. The summed E-state index contributed by atoms with van der Waals surface area (Å²) in [6, 6.07) is 5.40. The van der Waals surface area contributed by atoms with Crippen LogP contribution in [-0.2, 0) is 4.74 Å². The zero-order valence-electron chi connectivity index (χ0n) is 11.7. The average molecular weight is 304 g/mol. The van der Waals surface area contributed by atoms with Crippen LogP contribution in [0.3, 0.4) is 0 Å². The minimum Gasteiger partial charge on any atom is -0.406 e. The number of hydrogen-bond donors (Lipinski definition) is 2. The largest absolute Gasteiger partial charge is 0.573 e. The molecule has 1 heterocycles. The molecular formula is C14H19F3N2O2. The molecule has 1 fully saturated rings. The Hall–Kier alpha value is -1.31. The van der Waals surface area contributed by atoms with Crippen molar-refractivity contribution in [1.82, 2.24) is 5.43 Å². The molecule has 0 saturated carbocycles. The number of benzene rings is 1. The molecule has 118 valence electrons. The van der Waals surface area contributed by atoms with E-state index >= 15 is 0 Å². The van der Waals surface area contributed by atoms with Crippen LogP contribution in [0.5, 0.6) is 5.75 Å². The van der Waals surface area contributed by atoms with Gasteiger partial charge in [-0.25, -0.2) is 0 Å². The van der Waals surface area contributed by atoms with Gasteiger partial charge in [-0.3, -0.25) is 11.3 Å². The Morgan fingerprint density at radius 1 is 1.38 bits per heavy atom. The van der Waals surface area contributed by atoms with Gasteiger partial charge in [0.2, 0.25) is 0 Å². The minimum absolute atomic E-state index is 0.264. The fraction of sp³-hybridized carbons (Fsp3) is 0.571. The van der Waals surface area contributed by atoms with Crippen molar-refractivity contribution in [2.75, 3.05) is 6.61 Å². The van der Waals surface area contributed by atoms with Crippen LogP contribution in [0.4, 0.5) is 13.2 Å². The number of halogens is 3. The van der Waals surface area contributed by atoms with Gasteiger partial charge >= 0.3 is 6.36 Å². The van der Waals surface area contributed by atoms with E-state index in [1.165, 1.54) is 18.2 Å². The van der Waals surface area contributed by atoms with Crippen LogP contribution in [0.2, 0.25) is 0 Å². The smallest absolute Gasteiger partial charge is 0.406 e. The summed E-state index contributed by atoms with van der Waals surface area (Å²) < 4.78 is 46.7. The summed E-state index contributed by atoms with van der Waals surface area (Å²) in [6.07, 6.45) is -1.96. The van der Waals surface area contributed by atoms with E-state index in [0.29, 0.717) is 12.2 Å². The first-order valence-electron chi connectivity index (χ1n) is 6.80. The van der Waals surface area contributed by atoms with E-state index in [2.05, 4.69) is 10.2 Å². The molecule has 1 aromatic carbocycles. The zero-order valence-corrected chi connectivity index (χ0v) is 11.7. The van der Waals surface area contributed by atoms with Gasteiger partial charge in [-0.05, 0) is 43.9 Å². The van der Waals surface area contributed by atoms with E-state index in [-0.39, 0.29) is 5.75 Å². The third kappa shape index (κ3) is 4.09. The van der Waals surface area contributed by atoms with E-state index in [4.69, 9.17) is 10.6 Å². The number of alkyl halides is 3. The third-order valence-corrected chi connectivity index (χ3v) is 3.70. The van der Waals surface area contributed by atoms with Gasteiger partial charge in [0.25, 0.3) is 0 Å². The predicted octanol–water partition coefficient (Wildman–Crippen LogP) is 3.05. The summed E-state index contributed by atoms with van der Waals surface area (Å²) in [5.74, 6) is 5.34. The summed E-state index contributed by atoms with van der Waals surface area (Å²) in [4.78, 5) is 0. The van der Waals surface area contributed by atoms with Crippen molar-refractivity contribution >= 4 is 0 Å². The lowest BCUT2D eigenvalue weighted by molar-refractivity contribution is -0.274. The van der Waals surface area contributed by atoms with Crippen molar-refractivity contribution in [3.05, 3.63) is 29.8 Å². The topological polar surface area (TPSA) is 56.5 Å². The van der Waals surface area contributed by atoms with Crippen LogP contribution in [0, 0.1) is 0 Å². The fourth-order valence-electron chi connectivity index (χ4n) is 2.70. The van der Waals surface area contributed by atoms with Crippen molar-refractivity contribution in [3.63, 3.8) is 0 Å². The molecular weight excluding hydrogens is 285 g/mol. The Kier molecular flexibility index (Phi) is 4.75. The van der Waals surface area contributed by atoms with Gasteiger partial charge in [0.05, 0.1) is 11.6 Å². The minimum atomic E-state index is -4.71. The van der Waals surface area contributed by atoms with Crippen LogP contribution in [0.1, 0.15) is 37.8 Å². The lowest BCUT2D eigenvalue weighted by Crippen LogP contribution is -2.48. The van der Waals surface area contributed by atoms with Crippen molar-refractivity contribution in [2.24, 2.45) is 5.84 Å². The number of nitrogens with one attached hydrogen (secondary N) is 1. The van der Waals surface area contributed by atoms with Crippen LogP contribution in [-0.4, -0.2) is 18.6 Å². The molecule has 0 radical (unpaired) electrons. The molecule has 3 N–H and O–H groups in total. The van der Waals surface area contributed by atoms with Gasteiger partial charge in [-0.15, -0.1) is 13.2 Å². The van der Waals surface area contributed by atoms with E-state index in [1.54, 1.807) is 6.07 Å². The first-order chi connectivity index (χ1) is 9.84. The predicted molar refractivity (Wildman–Crippen MR) is 71.4 cm³/mol. The number of hydrazine groups is 1. The molecule has 4 nitrogen and oxygen atoms in total. The van der Waals surface area contributed by atoms with Gasteiger partial charge in [0, 0.05) is 6.61 Å². The summed E-state index contributed by atoms with van der Waals surface area (Å²) in [5.41, 5.74) is 2.71. The highest BCUT2D eigenvalue weighted by molar-refractivity contribution is 5.32. The maximum absolute atomic E-state index is 12.3. The first kappa shape index (κ1) is 16.1. The molecule has 1 saturated heterocycles. The van der Waals surface area contributed by atoms with E-state index < -0.39 is 18.0 Å². The van der Waals surface area contributed by atoms with E-state index in [9.17, 15) is 13.2 Å². The average Bonchev–Trinajstić information content (AvgIpc) is 2.38. The summed E-state index contributed by atoms with van der Waals surface area (Å²) in [5, 5.41) is 0. The Morgan fingerprint density at radius 3 is 2.71 bits per heavy atom. The molecule has 0 bridgehead atoms. The molecule has 2 rings (SSSR count). The van der Waals surface area contributed by atoms with Crippen LogP contribution in [0.25, 0.3) is 0 Å². The Morgan fingerprint density at radius 2 is 2.14 bits per heavy atom. The van der Waals surface area contributed by atoms with Crippen LogP contribution >= 0.6 is 0 Å². The number of ether oxygens (including phenoxy) is 2. The highest BCUT2D eigenvalue weighted by atomic mass is 19.4. The van der Waals surface area contributed by atoms with Gasteiger partial charge in [0.1, 0.15) is 5.75 Å². The second-order valence-corrected chi connectivity index (χ2v) is 5.34. The summed E-state index contributed by atoms with van der Waals surface area (Å²) in [7, 11) is 0. The molecule has 2 atom stereocenters. The van der Waals surface area contributed by atoms with Gasteiger partial charge in [0.15, 0.2) is 0 Å². The normalized spacial score (nSPS) is 24.6. The van der Waals surface area contributed by atoms with Crippen molar-refractivity contribution in [3.8, 4) is 5.75 Å². The van der Waals surface area contributed by atoms with Crippen LogP contribution in [0.15, 0.2) is 24.3 Å². The molecule has 7 heteroatoms. The Balaban J connectivity index is 2.23. The molecule has 0 amide bonds. The van der Waals surface area contributed by atoms with Gasteiger partial charge in [-0.2, -0.15) is 0 Å². The third-order valence-electron chi connectivity index (χ3n) is 3.70. The zero-order chi connectivity index (χ0) is 15.5. The summed E-state index contributed by atoms with van der Waals surface area (Å²) >= 11 is 0. The summed E-state index contributed by atoms with van der Waals surface area (Å²) in [6.45, 7) is 2.53. The lowest BCUT2D eigenvalue weighted by Gasteiger charge is -2.40. The van der Waals surface area contributed by atoms with E-state index in [1.807, 2.05) is 6.92 Å². The molecule has 1 aliphatic rings. The second kappa shape index (κ2) is 6.21. The first-order valence-corrected chi connectivity index (χ1v) is 6.80. The molecule has 21 heavy (non-hydrogen) atoms. The molecule has 2 unspecified atom stereocenters. The highest BCUT2D eigenvalue weighted by Crippen LogP contribution is 2.37. The second-order valence-electron chi connectivity index (χ2n) is 5.34. The van der Waals surface area contributed by atoms with Crippen LogP contribution < -0.4 is 16.0 Å². The Bertz CT molecular complexity index is 474. The molecule has 0 aromatic heterocycles. The quantitative estimate of drug-likeness (QED) is 0.663. The monoisotopic (exact) mass is 304 g/mol. The van der Waals surface area contributed by atoms with Crippen molar-refractivity contribution in [2.45, 2.75) is 44.2 Å². The maximum atomic E-state index is 12.3. The van der Waals surface area contributed by atoms with Crippen molar-refractivity contribution in [1.29, 1.82) is 0 Å². The lowest BCUT2D eigenvalue weighted by atomic mass is 9.84. The molecule has 1 aromatic rings. The molecule has 0 aliphatic carbocycles. The number of nitrogens with two attached hydrogens (primary N) is 1. The standard InChI is InChI=1S/C14H19F3N2O2/c1-13(7-2-3-8-20-13)12(19-18)10-5-4-6-11(9-10)21-14(15,16)17/h4-6,9,12,19H,2-3,7-8,18H2,1H3. The number of rotatable bonds is 4. The highest BCUT2D eigenvalue weighted by Gasteiger charge is 2.38. The van der Waals surface area contributed by atoms with Crippen molar-refractivity contribution < 1.29 is 22.6 Å². The maximum Gasteiger partial charge on any atom is 0.573 e. The molecule has 0 spiro atoms. The van der Waals surface area contributed by atoms with Gasteiger partial charge in [-0.1, -0.05) is 12.1 Å².